The summed E-state index contributed by atoms with van der Waals surface area (Å²) < 4.78 is 0. The van der Waals surface area contributed by atoms with Crippen LogP contribution < -0.4 is 0 Å². The largest absolute Gasteiger partial charge is 0.196 e. The van der Waals surface area contributed by atoms with Gasteiger partial charge in [-0.05, 0) is 0 Å². The minimum absolute atomic E-state index is 0. The van der Waals surface area contributed by atoms with Crippen molar-refractivity contribution in [1.29, 1.82) is 0 Å². The minimum atomic E-state index is 0. The Morgan fingerprint density at radius 2 is 1.09 bits per heavy atom. The van der Waals surface area contributed by atoms with Gasteiger partial charge in [-0.2, -0.15) is 27.8 Å². The first kappa shape index (κ1) is 11.0. The van der Waals surface area contributed by atoms with Crippen LogP contribution in [0.5, 0.6) is 0 Å². The summed E-state index contributed by atoms with van der Waals surface area (Å²) in [5.74, 6) is 0. The monoisotopic (exact) mass is 328 g/mol. The normalized spacial score (nSPS) is 9.55. The molecule has 0 spiro atoms. The van der Waals surface area contributed by atoms with Gasteiger partial charge in [0.15, 0.2) is 0 Å². The molecule has 0 amide bonds. The smallest absolute Gasteiger partial charge is 0 e. The summed E-state index contributed by atoms with van der Waals surface area (Å²) in [5, 5.41) is 0. The number of hydrogen-bond acceptors (Lipinski definition) is 0. The molecule has 0 aliphatic rings. The fourth-order valence-corrected chi connectivity index (χ4v) is 1.41. The molecular formula is C10H15Ir-. The zero-order valence-corrected chi connectivity index (χ0v) is 10.2. The topological polar surface area (TPSA) is 0 Å². The molecule has 1 rings (SSSR count). The van der Waals surface area contributed by atoms with Crippen molar-refractivity contribution in [1.82, 2.24) is 0 Å². The molecule has 0 aromatic heterocycles. The first-order valence-corrected chi connectivity index (χ1v) is 3.75. The van der Waals surface area contributed by atoms with E-state index >= 15 is 0 Å². The van der Waals surface area contributed by atoms with E-state index in [0.717, 1.165) is 0 Å². The molecule has 1 aromatic carbocycles. The summed E-state index contributed by atoms with van der Waals surface area (Å²) in [4.78, 5) is 0. The third-order valence-electron chi connectivity index (χ3n) is 2.81. The fraction of sp³-hybridized carbons (Fsp3) is 0.500. The maximum Gasteiger partial charge on any atom is 0 e. The van der Waals surface area contributed by atoms with Crippen molar-refractivity contribution in [3.8, 4) is 0 Å². The Labute approximate surface area is 82.7 Å². The van der Waals surface area contributed by atoms with Crippen LogP contribution in [0.15, 0.2) is 0 Å². The Morgan fingerprint density at radius 1 is 0.818 bits per heavy atom. The third-order valence-corrected chi connectivity index (χ3v) is 2.81. The SMILES string of the molecule is Cc1c(C)c(C)[c-](C)c1C.[Ir]. The van der Waals surface area contributed by atoms with Crippen LogP contribution in [-0.2, 0) is 20.1 Å². The third kappa shape index (κ3) is 1.60. The molecule has 1 heteroatoms. The van der Waals surface area contributed by atoms with Crippen LogP contribution in [0.3, 0.4) is 0 Å². The molecule has 0 saturated heterocycles. The van der Waals surface area contributed by atoms with E-state index in [9.17, 15) is 0 Å². The summed E-state index contributed by atoms with van der Waals surface area (Å²) >= 11 is 0. The molecule has 0 atom stereocenters. The van der Waals surface area contributed by atoms with Crippen LogP contribution in [0.1, 0.15) is 27.8 Å². The van der Waals surface area contributed by atoms with Crippen molar-refractivity contribution in [3.63, 3.8) is 0 Å². The van der Waals surface area contributed by atoms with Gasteiger partial charge in [0.1, 0.15) is 0 Å². The Balaban J connectivity index is 0.000001000. The Kier molecular flexibility index (Phi) is 3.60. The second kappa shape index (κ2) is 3.60. The first-order valence-electron chi connectivity index (χ1n) is 3.75. The Morgan fingerprint density at radius 3 is 1.18 bits per heavy atom. The molecule has 0 unspecified atom stereocenters. The van der Waals surface area contributed by atoms with E-state index in [-0.39, 0.29) is 20.1 Å². The summed E-state index contributed by atoms with van der Waals surface area (Å²) in [7, 11) is 0. The molecule has 0 bridgehead atoms. The molecule has 0 heterocycles. The van der Waals surface area contributed by atoms with Crippen molar-refractivity contribution in [2.45, 2.75) is 34.6 Å². The van der Waals surface area contributed by atoms with Crippen molar-refractivity contribution < 1.29 is 20.1 Å². The Bertz CT molecular complexity index is 176. The van der Waals surface area contributed by atoms with Gasteiger partial charge in [-0.1, -0.05) is 34.6 Å². The van der Waals surface area contributed by atoms with Gasteiger partial charge in [0.25, 0.3) is 0 Å². The zero-order valence-electron chi connectivity index (χ0n) is 7.83. The standard InChI is InChI=1S/C10H15.Ir/c1-6-7(2)9(4)10(5)8(6)3;/h1-5H3;/q-1;. The number of rotatable bonds is 0. The van der Waals surface area contributed by atoms with E-state index in [2.05, 4.69) is 34.6 Å². The average molecular weight is 327 g/mol. The maximum absolute atomic E-state index is 2.20. The Hall–Kier alpha value is -0.000649. The molecule has 1 aromatic rings. The minimum Gasteiger partial charge on any atom is -0.196 e. The quantitative estimate of drug-likeness (QED) is 0.643. The van der Waals surface area contributed by atoms with Crippen molar-refractivity contribution >= 4 is 0 Å². The first-order chi connectivity index (χ1) is 4.55. The molecule has 0 saturated carbocycles. The van der Waals surface area contributed by atoms with Gasteiger partial charge >= 0.3 is 0 Å². The van der Waals surface area contributed by atoms with Crippen molar-refractivity contribution in [2.24, 2.45) is 0 Å². The van der Waals surface area contributed by atoms with Gasteiger partial charge in [0.2, 0.25) is 0 Å². The van der Waals surface area contributed by atoms with Crippen LogP contribution in [0.4, 0.5) is 0 Å². The zero-order chi connectivity index (χ0) is 7.89. The van der Waals surface area contributed by atoms with Crippen molar-refractivity contribution in [2.75, 3.05) is 0 Å². The van der Waals surface area contributed by atoms with E-state index < -0.39 is 0 Å². The van der Waals surface area contributed by atoms with E-state index in [1.807, 2.05) is 0 Å². The molecule has 65 valence electrons. The van der Waals surface area contributed by atoms with Crippen LogP contribution in [0.25, 0.3) is 0 Å². The van der Waals surface area contributed by atoms with Gasteiger partial charge < -0.3 is 0 Å². The van der Waals surface area contributed by atoms with Crippen LogP contribution in [-0.4, -0.2) is 0 Å². The molecule has 0 aliphatic carbocycles. The average Bonchev–Trinajstić information content (AvgIpc) is 2.07. The van der Waals surface area contributed by atoms with Gasteiger partial charge in [-0.25, -0.2) is 0 Å². The molecule has 0 fully saturated rings. The van der Waals surface area contributed by atoms with Crippen LogP contribution in [0.2, 0.25) is 0 Å². The summed E-state index contributed by atoms with van der Waals surface area (Å²) in [6, 6.07) is 0. The van der Waals surface area contributed by atoms with Gasteiger partial charge in [-0.3, -0.25) is 0 Å². The van der Waals surface area contributed by atoms with Gasteiger partial charge in [0, 0.05) is 20.1 Å². The van der Waals surface area contributed by atoms with E-state index in [4.69, 9.17) is 0 Å². The van der Waals surface area contributed by atoms with Crippen LogP contribution in [0, 0.1) is 34.6 Å². The predicted octanol–water partition coefficient (Wildman–Crippen LogP) is 2.95. The molecular weight excluding hydrogens is 312 g/mol. The van der Waals surface area contributed by atoms with Crippen molar-refractivity contribution in [3.05, 3.63) is 27.8 Å². The van der Waals surface area contributed by atoms with Gasteiger partial charge in [0.05, 0.1) is 0 Å². The van der Waals surface area contributed by atoms with E-state index in [1.165, 1.54) is 27.8 Å². The molecule has 0 N–H and O–H groups in total. The number of hydrogen-bond donors (Lipinski definition) is 0. The molecule has 0 nitrogen and oxygen atoms in total. The maximum atomic E-state index is 2.20. The predicted molar refractivity (Wildman–Crippen MR) is 45.7 cm³/mol. The van der Waals surface area contributed by atoms with Crippen LogP contribution >= 0.6 is 0 Å². The second-order valence-corrected chi connectivity index (χ2v) is 3.12. The summed E-state index contributed by atoms with van der Waals surface area (Å²) in [5.41, 5.74) is 7.34. The molecule has 11 heavy (non-hydrogen) atoms. The van der Waals surface area contributed by atoms with E-state index in [1.54, 1.807) is 0 Å². The second-order valence-electron chi connectivity index (χ2n) is 3.12. The molecule has 0 aliphatic heterocycles. The molecule has 1 radical (unpaired) electrons. The summed E-state index contributed by atoms with van der Waals surface area (Å²) in [6.07, 6.45) is 0. The van der Waals surface area contributed by atoms with E-state index in [0.29, 0.717) is 0 Å². The fourth-order valence-electron chi connectivity index (χ4n) is 1.41. The van der Waals surface area contributed by atoms with Gasteiger partial charge in [-0.15, -0.1) is 0 Å². The summed E-state index contributed by atoms with van der Waals surface area (Å²) in [6.45, 7) is 11.0.